The van der Waals surface area contributed by atoms with Crippen molar-refractivity contribution in [1.29, 1.82) is 0 Å². The van der Waals surface area contributed by atoms with Crippen LogP contribution in [0, 0.1) is 0 Å². The number of hydrogen-bond acceptors (Lipinski definition) is 4. The van der Waals surface area contributed by atoms with Gasteiger partial charge in [-0.25, -0.2) is 9.97 Å². The molecule has 1 aromatic heterocycles. The van der Waals surface area contributed by atoms with E-state index in [1.165, 1.54) is 6.33 Å². The van der Waals surface area contributed by atoms with Crippen LogP contribution in [0.3, 0.4) is 0 Å². The molecule has 6 heteroatoms. The molecule has 80 valence electrons. The van der Waals surface area contributed by atoms with E-state index in [4.69, 9.17) is 0 Å². The van der Waals surface area contributed by atoms with Crippen molar-refractivity contribution in [2.75, 3.05) is 11.5 Å². The fourth-order valence-corrected chi connectivity index (χ4v) is 2.93. The van der Waals surface area contributed by atoms with Crippen LogP contribution in [-0.2, 0) is 0 Å². The van der Waals surface area contributed by atoms with Gasteiger partial charge in [-0.1, -0.05) is 0 Å². The Morgan fingerprint density at radius 1 is 1.67 bits per heavy atom. The predicted octanol–water partition coefficient (Wildman–Crippen LogP) is 1.47. The topological polar surface area (TPSA) is 54.9 Å². The number of halogens is 1. The number of amides is 1. The number of nitrogens with one attached hydrogen (secondary N) is 1. The zero-order valence-electron chi connectivity index (χ0n) is 7.94. The van der Waals surface area contributed by atoms with Gasteiger partial charge in [0.1, 0.15) is 12.0 Å². The fraction of sp³-hybridized carbons (Fsp3) is 0.444. The standard InChI is InChI=1S/C9H10BrN3OS/c10-7-3-11-5-12-8(7)9(14)13-6-1-2-15-4-6/h3,5-6H,1-2,4H2,(H,13,14). The Bertz CT molecular complexity index is 368. The van der Waals surface area contributed by atoms with Crippen LogP contribution < -0.4 is 5.32 Å². The van der Waals surface area contributed by atoms with Crippen LogP contribution in [0.2, 0.25) is 0 Å². The summed E-state index contributed by atoms with van der Waals surface area (Å²) in [5.74, 6) is 1.99. The normalized spacial score (nSPS) is 20.2. The van der Waals surface area contributed by atoms with Gasteiger partial charge in [0.15, 0.2) is 0 Å². The summed E-state index contributed by atoms with van der Waals surface area (Å²) in [5, 5.41) is 2.96. The highest BCUT2D eigenvalue weighted by Crippen LogP contribution is 2.18. The van der Waals surface area contributed by atoms with Crippen molar-refractivity contribution < 1.29 is 4.79 Å². The average molecular weight is 288 g/mol. The second-order valence-electron chi connectivity index (χ2n) is 3.25. The minimum absolute atomic E-state index is 0.128. The van der Waals surface area contributed by atoms with Gasteiger partial charge in [0.2, 0.25) is 0 Å². The van der Waals surface area contributed by atoms with Gasteiger partial charge in [0.05, 0.1) is 4.47 Å². The van der Waals surface area contributed by atoms with E-state index in [-0.39, 0.29) is 11.9 Å². The molecule has 1 atom stereocenters. The number of carbonyl (C=O) groups is 1. The minimum atomic E-state index is -0.128. The van der Waals surface area contributed by atoms with E-state index in [1.807, 2.05) is 11.8 Å². The van der Waals surface area contributed by atoms with Gasteiger partial charge < -0.3 is 5.32 Å². The number of nitrogens with zero attached hydrogens (tertiary/aromatic N) is 2. The molecule has 0 saturated carbocycles. The molecule has 0 spiro atoms. The maximum atomic E-state index is 11.8. The molecule has 0 aromatic carbocycles. The summed E-state index contributed by atoms with van der Waals surface area (Å²) in [5.41, 5.74) is 0.405. The Morgan fingerprint density at radius 3 is 3.20 bits per heavy atom. The summed E-state index contributed by atoms with van der Waals surface area (Å²) in [6.07, 6.45) is 3.99. The first-order valence-electron chi connectivity index (χ1n) is 4.61. The van der Waals surface area contributed by atoms with Crippen molar-refractivity contribution in [3.05, 3.63) is 22.7 Å². The SMILES string of the molecule is O=C(NC1CCSC1)c1ncncc1Br. The first kappa shape index (κ1) is 10.9. The van der Waals surface area contributed by atoms with E-state index < -0.39 is 0 Å². The zero-order chi connectivity index (χ0) is 10.7. The largest absolute Gasteiger partial charge is 0.347 e. The van der Waals surface area contributed by atoms with E-state index in [0.29, 0.717) is 10.2 Å². The third-order valence-corrected chi connectivity index (χ3v) is 3.89. The Hall–Kier alpha value is -0.620. The van der Waals surface area contributed by atoms with Crippen LogP contribution in [-0.4, -0.2) is 33.4 Å². The van der Waals surface area contributed by atoms with Crippen molar-refractivity contribution >= 4 is 33.6 Å². The highest BCUT2D eigenvalue weighted by atomic mass is 79.9. The van der Waals surface area contributed by atoms with E-state index in [0.717, 1.165) is 17.9 Å². The molecular formula is C9H10BrN3OS. The van der Waals surface area contributed by atoms with Gasteiger partial charge in [-0.3, -0.25) is 4.79 Å². The van der Waals surface area contributed by atoms with Crippen molar-refractivity contribution in [1.82, 2.24) is 15.3 Å². The quantitative estimate of drug-likeness (QED) is 0.895. The number of rotatable bonds is 2. The van der Waals surface area contributed by atoms with Gasteiger partial charge in [0.25, 0.3) is 5.91 Å². The van der Waals surface area contributed by atoms with E-state index in [9.17, 15) is 4.79 Å². The van der Waals surface area contributed by atoms with Gasteiger partial charge in [-0.15, -0.1) is 0 Å². The second-order valence-corrected chi connectivity index (χ2v) is 5.26. The first-order chi connectivity index (χ1) is 7.27. The molecule has 2 heterocycles. The van der Waals surface area contributed by atoms with Gasteiger partial charge in [-0.05, 0) is 28.1 Å². The molecule has 1 N–H and O–H groups in total. The maximum Gasteiger partial charge on any atom is 0.271 e. The van der Waals surface area contributed by atoms with Crippen LogP contribution in [0.1, 0.15) is 16.9 Å². The van der Waals surface area contributed by atoms with Crippen molar-refractivity contribution in [2.24, 2.45) is 0 Å². The summed E-state index contributed by atoms with van der Waals surface area (Å²) in [6, 6.07) is 0.282. The molecule has 0 aliphatic carbocycles. The van der Waals surface area contributed by atoms with Crippen LogP contribution in [0.25, 0.3) is 0 Å². The number of carbonyl (C=O) groups excluding carboxylic acids is 1. The molecule has 1 saturated heterocycles. The molecule has 1 aliphatic rings. The molecule has 1 aromatic rings. The number of aromatic nitrogens is 2. The lowest BCUT2D eigenvalue weighted by Gasteiger charge is -2.10. The zero-order valence-corrected chi connectivity index (χ0v) is 10.3. The highest BCUT2D eigenvalue weighted by molar-refractivity contribution is 9.10. The Labute approximate surface area is 100 Å². The predicted molar refractivity (Wildman–Crippen MR) is 62.9 cm³/mol. The highest BCUT2D eigenvalue weighted by Gasteiger charge is 2.20. The number of hydrogen-bond donors (Lipinski definition) is 1. The van der Waals surface area contributed by atoms with Crippen molar-refractivity contribution in [3.8, 4) is 0 Å². The van der Waals surface area contributed by atoms with Crippen LogP contribution in [0.5, 0.6) is 0 Å². The third kappa shape index (κ3) is 2.69. The fourth-order valence-electron chi connectivity index (χ4n) is 1.38. The van der Waals surface area contributed by atoms with Gasteiger partial charge in [-0.2, -0.15) is 11.8 Å². The average Bonchev–Trinajstić information content (AvgIpc) is 2.71. The number of thioether (sulfide) groups is 1. The summed E-state index contributed by atoms with van der Waals surface area (Å²) in [6.45, 7) is 0. The molecule has 0 bridgehead atoms. The van der Waals surface area contributed by atoms with E-state index in [2.05, 4.69) is 31.2 Å². The minimum Gasteiger partial charge on any atom is -0.347 e. The molecule has 0 radical (unpaired) electrons. The maximum absolute atomic E-state index is 11.8. The summed E-state index contributed by atoms with van der Waals surface area (Å²) >= 11 is 5.12. The third-order valence-electron chi connectivity index (χ3n) is 2.15. The molecule has 1 fully saturated rings. The van der Waals surface area contributed by atoms with Crippen LogP contribution in [0.15, 0.2) is 17.0 Å². The smallest absolute Gasteiger partial charge is 0.271 e. The summed E-state index contributed by atoms with van der Waals surface area (Å²) < 4.78 is 0.633. The Morgan fingerprint density at radius 2 is 2.53 bits per heavy atom. The van der Waals surface area contributed by atoms with Crippen molar-refractivity contribution in [3.63, 3.8) is 0 Å². The lowest BCUT2D eigenvalue weighted by molar-refractivity contribution is 0.0935. The lowest BCUT2D eigenvalue weighted by atomic mass is 10.2. The van der Waals surface area contributed by atoms with Gasteiger partial charge in [0, 0.05) is 18.0 Å². The van der Waals surface area contributed by atoms with Crippen LogP contribution in [0.4, 0.5) is 0 Å². The first-order valence-corrected chi connectivity index (χ1v) is 6.56. The Balaban J connectivity index is 2.04. The molecule has 4 nitrogen and oxygen atoms in total. The molecule has 2 rings (SSSR count). The molecule has 15 heavy (non-hydrogen) atoms. The molecule has 1 aliphatic heterocycles. The molecular weight excluding hydrogens is 278 g/mol. The van der Waals surface area contributed by atoms with Crippen molar-refractivity contribution in [2.45, 2.75) is 12.5 Å². The lowest BCUT2D eigenvalue weighted by Crippen LogP contribution is -2.35. The van der Waals surface area contributed by atoms with Crippen LogP contribution >= 0.6 is 27.7 Å². The molecule has 1 unspecified atom stereocenters. The monoisotopic (exact) mass is 287 g/mol. The van der Waals surface area contributed by atoms with Gasteiger partial charge >= 0.3 is 0 Å². The Kier molecular flexibility index (Phi) is 3.58. The summed E-state index contributed by atoms with van der Waals surface area (Å²) in [7, 11) is 0. The second kappa shape index (κ2) is 4.94. The van der Waals surface area contributed by atoms with E-state index in [1.54, 1.807) is 6.20 Å². The summed E-state index contributed by atoms with van der Waals surface area (Å²) in [4.78, 5) is 19.5. The molecule has 1 amide bonds. The van der Waals surface area contributed by atoms with E-state index >= 15 is 0 Å².